The normalized spacial score (nSPS) is 14.9. The molecule has 2 amide bonds. The molecule has 1 aliphatic rings. The van der Waals surface area contributed by atoms with Crippen molar-refractivity contribution in [1.82, 2.24) is 20.3 Å². The minimum absolute atomic E-state index is 0.0690. The molecule has 0 unspecified atom stereocenters. The molecule has 1 aliphatic heterocycles. The van der Waals surface area contributed by atoms with Gasteiger partial charge in [0.25, 0.3) is 5.91 Å². The molecular weight excluding hydrogens is 479 g/mol. The minimum Gasteiger partial charge on any atom is -0.493 e. The van der Waals surface area contributed by atoms with Gasteiger partial charge in [0, 0.05) is 42.2 Å². The molecule has 3 aromatic rings. The fourth-order valence-electron chi connectivity index (χ4n) is 3.96. The molecule has 0 bridgehead atoms. The van der Waals surface area contributed by atoms with E-state index >= 15 is 0 Å². The van der Waals surface area contributed by atoms with Gasteiger partial charge in [0.15, 0.2) is 0 Å². The fourth-order valence-corrected chi connectivity index (χ4v) is 3.96. The summed E-state index contributed by atoms with van der Waals surface area (Å²) in [5.41, 5.74) is 8.06. The van der Waals surface area contributed by atoms with E-state index in [-0.39, 0.29) is 23.9 Å². The lowest BCUT2D eigenvalue weighted by Crippen LogP contribution is -2.31. The molecule has 9 nitrogen and oxygen atoms in total. The predicted molar refractivity (Wildman–Crippen MR) is 122 cm³/mol. The van der Waals surface area contributed by atoms with E-state index in [9.17, 15) is 22.8 Å². The van der Waals surface area contributed by atoms with E-state index in [1.807, 2.05) is 18.2 Å². The van der Waals surface area contributed by atoms with Crippen molar-refractivity contribution < 1.29 is 32.2 Å². The number of rotatable bonds is 7. The van der Waals surface area contributed by atoms with E-state index in [0.717, 1.165) is 17.3 Å². The maximum Gasteiger partial charge on any atom is 0.390 e. The number of benzene rings is 1. The van der Waals surface area contributed by atoms with Crippen molar-refractivity contribution >= 4 is 11.8 Å². The third-order valence-electron chi connectivity index (χ3n) is 5.70. The van der Waals surface area contributed by atoms with Crippen LogP contribution in [0.15, 0.2) is 42.9 Å². The van der Waals surface area contributed by atoms with Gasteiger partial charge in [-0.1, -0.05) is 12.1 Å². The number of fused-ring (bicyclic) bond motifs is 1. The monoisotopic (exact) mass is 501 g/mol. The largest absolute Gasteiger partial charge is 0.493 e. The summed E-state index contributed by atoms with van der Waals surface area (Å²) in [5.74, 6) is -1.34. The number of carbonyl (C=O) groups excluding carboxylic acids is 2. The van der Waals surface area contributed by atoms with Crippen molar-refractivity contribution in [2.45, 2.75) is 24.9 Å². The van der Waals surface area contributed by atoms with Crippen LogP contribution in [0.4, 0.5) is 13.2 Å². The number of nitrogens with one attached hydrogen (secondary N) is 1. The molecule has 36 heavy (non-hydrogen) atoms. The van der Waals surface area contributed by atoms with Gasteiger partial charge in [-0.25, -0.2) is 15.0 Å². The number of halogens is 3. The highest BCUT2D eigenvalue weighted by Gasteiger charge is 2.30. The highest BCUT2D eigenvalue weighted by atomic mass is 19.4. The zero-order valence-electron chi connectivity index (χ0n) is 19.1. The Hall–Kier alpha value is -4.22. The van der Waals surface area contributed by atoms with Crippen molar-refractivity contribution in [1.29, 1.82) is 0 Å². The summed E-state index contributed by atoms with van der Waals surface area (Å²) >= 11 is 0. The number of alkyl halides is 3. The average Bonchev–Trinajstić information content (AvgIpc) is 2.87. The molecule has 0 aliphatic carbocycles. The van der Waals surface area contributed by atoms with Gasteiger partial charge < -0.3 is 20.5 Å². The maximum atomic E-state index is 12.7. The Balaban J connectivity index is 1.67. The first-order valence-corrected chi connectivity index (χ1v) is 10.9. The lowest BCUT2D eigenvalue weighted by Gasteiger charge is -2.28. The van der Waals surface area contributed by atoms with Crippen LogP contribution in [0.3, 0.4) is 0 Å². The molecule has 0 spiro atoms. The molecule has 3 N–H and O–H groups in total. The van der Waals surface area contributed by atoms with Crippen molar-refractivity contribution in [3.63, 3.8) is 0 Å². The Kier molecular flexibility index (Phi) is 7.04. The lowest BCUT2D eigenvalue weighted by molar-refractivity contribution is -0.133. The summed E-state index contributed by atoms with van der Waals surface area (Å²) in [6.07, 6.45) is -0.852. The first-order valence-electron chi connectivity index (χ1n) is 10.9. The van der Waals surface area contributed by atoms with Crippen LogP contribution in [0, 0.1) is 0 Å². The van der Waals surface area contributed by atoms with Crippen LogP contribution in [0.1, 0.15) is 44.3 Å². The summed E-state index contributed by atoms with van der Waals surface area (Å²) in [7, 11) is 1.46. The molecule has 188 valence electrons. The van der Waals surface area contributed by atoms with Gasteiger partial charge in [0.1, 0.15) is 11.4 Å². The van der Waals surface area contributed by atoms with Gasteiger partial charge in [-0.3, -0.25) is 9.59 Å². The quantitative estimate of drug-likeness (QED) is 0.509. The van der Waals surface area contributed by atoms with E-state index in [4.69, 9.17) is 15.2 Å². The van der Waals surface area contributed by atoms with Crippen molar-refractivity contribution in [2.75, 3.05) is 20.3 Å². The van der Waals surface area contributed by atoms with Gasteiger partial charge in [-0.2, -0.15) is 13.2 Å². The molecule has 4 rings (SSSR count). The number of carbonyl (C=O) groups is 2. The topological polar surface area (TPSA) is 129 Å². The van der Waals surface area contributed by atoms with Crippen LogP contribution in [0.25, 0.3) is 11.1 Å². The smallest absolute Gasteiger partial charge is 0.390 e. The minimum atomic E-state index is -4.41. The third-order valence-corrected chi connectivity index (χ3v) is 5.70. The molecule has 0 saturated carbocycles. The molecule has 12 heteroatoms. The third kappa shape index (κ3) is 5.53. The van der Waals surface area contributed by atoms with Crippen molar-refractivity contribution in [2.24, 2.45) is 5.73 Å². The summed E-state index contributed by atoms with van der Waals surface area (Å²) in [6.45, 7) is -0.449. The van der Waals surface area contributed by atoms with Crippen LogP contribution in [0.5, 0.6) is 11.8 Å². The van der Waals surface area contributed by atoms with Gasteiger partial charge in [-0.05, 0) is 29.7 Å². The summed E-state index contributed by atoms with van der Waals surface area (Å²) in [4.78, 5) is 36.9. The molecule has 0 radical (unpaired) electrons. The van der Waals surface area contributed by atoms with Crippen LogP contribution in [-0.2, 0) is 6.42 Å². The lowest BCUT2D eigenvalue weighted by atomic mass is 9.85. The highest BCUT2D eigenvalue weighted by molar-refractivity contribution is 5.97. The van der Waals surface area contributed by atoms with Crippen LogP contribution in [-0.4, -0.2) is 53.2 Å². The molecule has 1 aromatic carbocycles. The Bertz CT molecular complexity index is 1280. The maximum absolute atomic E-state index is 12.7. The Morgan fingerprint density at radius 2 is 1.94 bits per heavy atom. The number of hydrogen-bond acceptors (Lipinski definition) is 7. The van der Waals surface area contributed by atoms with Crippen LogP contribution >= 0.6 is 0 Å². The second-order valence-electron chi connectivity index (χ2n) is 8.10. The van der Waals surface area contributed by atoms with Crippen molar-refractivity contribution in [3.8, 4) is 22.9 Å². The standard InChI is InChI=1S/C24H22F3N5O4/c1-35-23-31-10-15(11-32-23)16-3-2-4-19-18(16)8-14(12-36-19)17-7-13(21(28)33)9-30-20(17)22(34)29-6-5-24(25,26)27/h2-4,7,9-11,14H,5-6,8,12H2,1H3,(H2,28,33)(H,29,34)/t14-/m1/s1. The van der Waals surface area contributed by atoms with Gasteiger partial charge in [0.2, 0.25) is 5.91 Å². The predicted octanol–water partition coefficient (Wildman–Crippen LogP) is 3.05. The number of ether oxygens (including phenoxy) is 2. The molecule has 2 aromatic heterocycles. The molecular formula is C24H22F3N5O4. The number of nitrogens with zero attached hydrogens (tertiary/aromatic N) is 3. The Labute approximate surface area is 203 Å². The first kappa shape index (κ1) is 24.9. The number of hydrogen-bond donors (Lipinski definition) is 2. The van der Waals surface area contributed by atoms with E-state index in [1.165, 1.54) is 13.2 Å². The SMILES string of the molecule is COc1ncc(-c2cccc3c2C[C@@H](c2cc(C(N)=O)cnc2C(=O)NCCC(F)(F)F)CO3)cn1. The Morgan fingerprint density at radius 1 is 1.19 bits per heavy atom. The summed E-state index contributed by atoms with van der Waals surface area (Å²) < 4.78 is 48.6. The number of aromatic nitrogens is 3. The summed E-state index contributed by atoms with van der Waals surface area (Å²) in [5, 5.41) is 2.24. The number of primary amides is 1. The van der Waals surface area contributed by atoms with E-state index in [0.29, 0.717) is 23.3 Å². The van der Waals surface area contributed by atoms with Gasteiger partial charge in [0.05, 0.1) is 25.7 Å². The number of pyridine rings is 1. The Morgan fingerprint density at radius 3 is 2.61 bits per heavy atom. The molecule has 1 atom stereocenters. The number of amides is 2. The fraction of sp³-hybridized carbons (Fsp3) is 0.292. The van der Waals surface area contributed by atoms with Crippen LogP contribution in [0.2, 0.25) is 0 Å². The molecule has 3 heterocycles. The van der Waals surface area contributed by atoms with E-state index in [2.05, 4.69) is 20.3 Å². The second kappa shape index (κ2) is 10.2. The number of methoxy groups -OCH3 is 1. The zero-order valence-corrected chi connectivity index (χ0v) is 19.1. The first-order chi connectivity index (χ1) is 17.2. The van der Waals surface area contributed by atoms with E-state index < -0.39 is 36.9 Å². The van der Waals surface area contributed by atoms with E-state index in [1.54, 1.807) is 12.4 Å². The van der Waals surface area contributed by atoms with Gasteiger partial charge >= 0.3 is 12.2 Å². The highest BCUT2D eigenvalue weighted by Crippen LogP contribution is 2.39. The zero-order chi connectivity index (χ0) is 25.9. The van der Waals surface area contributed by atoms with Gasteiger partial charge in [-0.15, -0.1) is 0 Å². The average molecular weight is 501 g/mol. The summed E-state index contributed by atoms with van der Waals surface area (Å²) in [6, 6.07) is 7.16. The second-order valence-corrected chi connectivity index (χ2v) is 8.10. The van der Waals surface area contributed by atoms with Crippen molar-refractivity contribution in [3.05, 3.63) is 65.2 Å². The molecule has 0 fully saturated rings. The van der Waals surface area contributed by atoms with Crippen LogP contribution < -0.4 is 20.5 Å². The number of nitrogens with two attached hydrogens (primary N) is 1. The molecule has 0 saturated heterocycles.